The lowest BCUT2D eigenvalue weighted by Crippen LogP contribution is -2.48. The van der Waals surface area contributed by atoms with Crippen molar-refractivity contribution in [3.05, 3.63) is 77.9 Å². The van der Waals surface area contributed by atoms with Crippen LogP contribution in [0.15, 0.2) is 66.7 Å². The number of rotatable bonds is 10. The largest absolute Gasteiger partial charge is 0.447 e. The Balaban J connectivity index is 1.72. The van der Waals surface area contributed by atoms with Crippen LogP contribution < -0.4 is 0 Å². The van der Waals surface area contributed by atoms with E-state index in [1.807, 2.05) is 79.7 Å². The van der Waals surface area contributed by atoms with Crippen molar-refractivity contribution >= 4 is 18.1 Å². The van der Waals surface area contributed by atoms with Crippen molar-refractivity contribution in [2.45, 2.75) is 38.5 Å². The molecule has 2 amide bonds. The third-order valence-corrected chi connectivity index (χ3v) is 6.25. The highest BCUT2D eigenvalue weighted by atomic mass is 16.6. The first-order valence-corrected chi connectivity index (χ1v) is 11.3. The fraction of sp³-hybridized carbons (Fsp3) is 0.407. The van der Waals surface area contributed by atoms with Gasteiger partial charge >= 0.3 is 6.09 Å². The van der Waals surface area contributed by atoms with Crippen molar-refractivity contribution in [1.29, 1.82) is 0 Å². The highest BCUT2D eigenvalue weighted by Gasteiger charge is 2.43. The maximum atomic E-state index is 13.4. The standard InChI is InChI=1S/C27H33NO5/c1-19(24(31-3)16-15-21-11-7-5-8-12-21)25(32-4)20(2)26(29)28-23(18-33-27(28)30)17-22-13-9-6-10-14-22/h5-16,19-20,23-25H,17-18H2,1-4H3/b16-15+/t19-,20-,23-,24+,25-/m1/s1. The van der Waals surface area contributed by atoms with Gasteiger partial charge in [0.05, 0.1) is 24.2 Å². The van der Waals surface area contributed by atoms with Crippen LogP contribution in [-0.2, 0) is 25.4 Å². The molecule has 0 N–H and O–H groups in total. The second-order valence-electron chi connectivity index (χ2n) is 8.45. The number of carbonyl (C=O) groups excluding carboxylic acids is 2. The second kappa shape index (κ2) is 11.8. The predicted octanol–water partition coefficient (Wildman–Crippen LogP) is 4.59. The third kappa shape index (κ3) is 6.09. The summed E-state index contributed by atoms with van der Waals surface area (Å²) in [5.41, 5.74) is 2.11. The van der Waals surface area contributed by atoms with Gasteiger partial charge in [-0.15, -0.1) is 0 Å². The lowest BCUT2D eigenvalue weighted by Gasteiger charge is -2.33. The molecular formula is C27H33NO5. The Morgan fingerprint density at radius 3 is 2.30 bits per heavy atom. The summed E-state index contributed by atoms with van der Waals surface area (Å²) < 4.78 is 16.7. The number of hydrogen-bond donors (Lipinski definition) is 0. The third-order valence-electron chi connectivity index (χ3n) is 6.25. The van der Waals surface area contributed by atoms with Crippen LogP contribution in [0.2, 0.25) is 0 Å². The highest BCUT2D eigenvalue weighted by Crippen LogP contribution is 2.27. The molecule has 1 aliphatic heterocycles. The summed E-state index contributed by atoms with van der Waals surface area (Å²) in [4.78, 5) is 27.2. The number of methoxy groups -OCH3 is 2. The van der Waals surface area contributed by atoms with Crippen LogP contribution in [0.3, 0.4) is 0 Å². The molecule has 1 heterocycles. The number of nitrogens with zero attached hydrogens (tertiary/aromatic N) is 1. The van der Waals surface area contributed by atoms with Crippen LogP contribution in [0.25, 0.3) is 6.08 Å². The molecule has 3 rings (SSSR count). The molecule has 2 aromatic carbocycles. The molecule has 1 saturated heterocycles. The van der Waals surface area contributed by atoms with Crippen LogP contribution in [0.1, 0.15) is 25.0 Å². The molecule has 33 heavy (non-hydrogen) atoms. The number of ether oxygens (including phenoxy) is 3. The summed E-state index contributed by atoms with van der Waals surface area (Å²) >= 11 is 0. The Hall–Kier alpha value is -2.96. The summed E-state index contributed by atoms with van der Waals surface area (Å²) in [6, 6.07) is 19.4. The lowest BCUT2D eigenvalue weighted by molar-refractivity contribution is -0.140. The fourth-order valence-electron chi connectivity index (χ4n) is 4.43. The van der Waals surface area contributed by atoms with E-state index in [1.165, 1.54) is 4.90 Å². The fourth-order valence-corrected chi connectivity index (χ4v) is 4.43. The van der Waals surface area contributed by atoms with Crippen molar-refractivity contribution in [3.63, 3.8) is 0 Å². The summed E-state index contributed by atoms with van der Waals surface area (Å²) in [5.74, 6) is -0.985. The van der Waals surface area contributed by atoms with E-state index in [4.69, 9.17) is 14.2 Å². The van der Waals surface area contributed by atoms with E-state index in [0.29, 0.717) is 6.42 Å². The molecule has 176 valence electrons. The van der Waals surface area contributed by atoms with E-state index in [1.54, 1.807) is 21.1 Å². The van der Waals surface area contributed by atoms with Crippen LogP contribution in [0.4, 0.5) is 4.79 Å². The molecule has 1 fully saturated rings. The van der Waals surface area contributed by atoms with E-state index in [-0.39, 0.29) is 30.6 Å². The monoisotopic (exact) mass is 451 g/mol. The molecule has 1 aliphatic rings. The molecular weight excluding hydrogens is 418 g/mol. The number of cyclic esters (lactones) is 1. The van der Waals surface area contributed by atoms with E-state index in [2.05, 4.69) is 0 Å². The number of carbonyl (C=O) groups is 2. The van der Waals surface area contributed by atoms with Crippen LogP contribution in [0.5, 0.6) is 0 Å². The molecule has 5 atom stereocenters. The summed E-state index contributed by atoms with van der Waals surface area (Å²) in [5, 5.41) is 0. The molecule has 0 unspecified atom stereocenters. The molecule has 0 radical (unpaired) electrons. The minimum Gasteiger partial charge on any atom is -0.447 e. The zero-order valence-corrected chi connectivity index (χ0v) is 19.7. The average molecular weight is 452 g/mol. The quantitative estimate of drug-likeness (QED) is 0.529. The highest BCUT2D eigenvalue weighted by molar-refractivity contribution is 5.95. The molecule has 0 aliphatic carbocycles. The van der Waals surface area contributed by atoms with Gasteiger partial charge in [-0.05, 0) is 17.5 Å². The Bertz CT molecular complexity index is 930. The van der Waals surface area contributed by atoms with Gasteiger partial charge in [0.25, 0.3) is 0 Å². The minimum atomic E-state index is -0.595. The Labute approximate surface area is 196 Å². The van der Waals surface area contributed by atoms with Gasteiger partial charge in [0.1, 0.15) is 6.61 Å². The summed E-state index contributed by atoms with van der Waals surface area (Å²) in [7, 11) is 3.23. The summed E-state index contributed by atoms with van der Waals surface area (Å²) in [6.07, 6.45) is 3.22. The lowest BCUT2D eigenvalue weighted by atomic mass is 9.87. The average Bonchev–Trinajstić information content (AvgIpc) is 3.20. The molecule has 6 nitrogen and oxygen atoms in total. The topological polar surface area (TPSA) is 65.1 Å². The van der Waals surface area contributed by atoms with E-state index < -0.39 is 18.1 Å². The number of hydrogen-bond acceptors (Lipinski definition) is 5. The van der Waals surface area contributed by atoms with Gasteiger partial charge in [0.15, 0.2) is 0 Å². The minimum absolute atomic E-state index is 0.134. The normalized spacial score (nSPS) is 19.8. The van der Waals surface area contributed by atoms with Gasteiger partial charge in [-0.3, -0.25) is 4.79 Å². The molecule has 2 aromatic rings. The van der Waals surface area contributed by atoms with Crippen LogP contribution in [-0.4, -0.2) is 56.0 Å². The maximum Gasteiger partial charge on any atom is 0.416 e. The van der Waals surface area contributed by atoms with E-state index in [0.717, 1.165) is 11.1 Å². The van der Waals surface area contributed by atoms with Gasteiger partial charge < -0.3 is 14.2 Å². The molecule has 6 heteroatoms. The predicted molar refractivity (Wildman–Crippen MR) is 128 cm³/mol. The van der Waals surface area contributed by atoms with Crippen molar-refractivity contribution < 1.29 is 23.8 Å². The van der Waals surface area contributed by atoms with Crippen molar-refractivity contribution in [2.75, 3.05) is 20.8 Å². The first kappa shape index (κ1) is 24.7. The molecule has 0 bridgehead atoms. The smallest absolute Gasteiger partial charge is 0.416 e. The van der Waals surface area contributed by atoms with Crippen molar-refractivity contribution in [1.82, 2.24) is 4.90 Å². The number of amides is 2. The van der Waals surface area contributed by atoms with Crippen LogP contribution in [0, 0.1) is 11.8 Å². The zero-order valence-electron chi connectivity index (χ0n) is 19.7. The van der Waals surface area contributed by atoms with Gasteiger partial charge in [-0.2, -0.15) is 0 Å². The Morgan fingerprint density at radius 1 is 1.06 bits per heavy atom. The van der Waals surface area contributed by atoms with Crippen molar-refractivity contribution in [2.24, 2.45) is 11.8 Å². The van der Waals surface area contributed by atoms with Crippen molar-refractivity contribution in [3.8, 4) is 0 Å². The van der Waals surface area contributed by atoms with Crippen LogP contribution >= 0.6 is 0 Å². The summed E-state index contributed by atoms with van der Waals surface area (Å²) in [6.45, 7) is 3.98. The molecule has 0 spiro atoms. The Morgan fingerprint density at radius 2 is 1.70 bits per heavy atom. The SMILES string of the molecule is CO[C@H]([C@H](C)[C@H](/C=C/c1ccccc1)OC)[C@@H](C)C(=O)N1C(=O)OC[C@H]1Cc1ccccc1. The molecule has 0 saturated carbocycles. The first-order valence-electron chi connectivity index (χ1n) is 11.3. The zero-order chi connectivity index (χ0) is 23.8. The van der Waals surface area contributed by atoms with E-state index >= 15 is 0 Å². The van der Waals surface area contributed by atoms with Gasteiger partial charge in [-0.1, -0.05) is 86.7 Å². The van der Waals surface area contributed by atoms with E-state index in [9.17, 15) is 9.59 Å². The maximum absolute atomic E-state index is 13.4. The first-order chi connectivity index (χ1) is 16.0. The molecule has 0 aromatic heterocycles. The Kier molecular flexibility index (Phi) is 8.80. The van der Waals surface area contributed by atoms with Gasteiger partial charge in [0, 0.05) is 20.1 Å². The van der Waals surface area contributed by atoms with Gasteiger partial charge in [0.2, 0.25) is 5.91 Å². The number of imide groups is 1. The second-order valence-corrected chi connectivity index (χ2v) is 8.45. The number of benzene rings is 2. The van der Waals surface area contributed by atoms with Gasteiger partial charge in [-0.25, -0.2) is 9.69 Å².